The van der Waals surface area contributed by atoms with E-state index in [4.69, 9.17) is 0 Å². The van der Waals surface area contributed by atoms with Crippen molar-refractivity contribution < 1.29 is 4.57 Å². The third-order valence-electron chi connectivity index (χ3n) is 9.63. The van der Waals surface area contributed by atoms with Gasteiger partial charge in [-0.05, 0) is 84.8 Å². The van der Waals surface area contributed by atoms with E-state index in [1.54, 1.807) is 0 Å². The first kappa shape index (κ1) is 30.6. The lowest BCUT2D eigenvalue weighted by atomic mass is 9.89. The minimum atomic E-state index is -3.06. The Labute approximate surface area is 287 Å². The van der Waals surface area contributed by atoms with Gasteiger partial charge in [-0.25, -0.2) is 0 Å². The minimum absolute atomic E-state index is 0.832. The SMILES string of the molecule is C=C/C=c1/ccc2c(-c3cccc(-c4ccc(-c5cccc(P(=O)(c6ccccc6)c6ccccc6)c5)cc4)c3)ccc3ccc(C)c1c32. The van der Waals surface area contributed by atoms with Gasteiger partial charge in [0.15, 0.2) is 7.14 Å². The number of aryl methyl sites for hydroxylation is 1. The fourth-order valence-corrected chi connectivity index (χ4v) is 9.89. The Bertz CT molecular complexity index is 2540. The van der Waals surface area contributed by atoms with Crippen LogP contribution in [-0.4, -0.2) is 0 Å². The molecule has 0 atom stereocenters. The molecule has 0 spiro atoms. The van der Waals surface area contributed by atoms with E-state index < -0.39 is 7.14 Å². The lowest BCUT2D eigenvalue weighted by Gasteiger charge is -2.20. The maximum atomic E-state index is 15.0. The van der Waals surface area contributed by atoms with Crippen molar-refractivity contribution in [2.24, 2.45) is 0 Å². The first-order valence-corrected chi connectivity index (χ1v) is 18.4. The standard InChI is InChI=1S/C47H35OP/c1-3-12-36-28-30-45-44(29-27-37-22-21-33(2)46(36)47(37)45)40-15-10-13-38(31-40)34-23-25-35(26-24-34)39-14-11-20-43(32-39)49(48,41-16-6-4-7-17-41)42-18-8-5-9-19-42/h3-32H,1H2,2H3/b36-12-. The molecule has 0 aliphatic carbocycles. The number of hydrogen-bond donors (Lipinski definition) is 0. The molecule has 8 aromatic carbocycles. The fraction of sp³-hybridized carbons (Fsp3) is 0.0213. The zero-order chi connectivity index (χ0) is 33.4. The number of hydrogen-bond acceptors (Lipinski definition) is 1. The number of rotatable bonds is 7. The van der Waals surface area contributed by atoms with Crippen LogP contribution >= 0.6 is 7.14 Å². The van der Waals surface area contributed by atoms with Crippen molar-refractivity contribution in [3.63, 3.8) is 0 Å². The summed E-state index contributed by atoms with van der Waals surface area (Å²) < 4.78 is 15.0. The summed E-state index contributed by atoms with van der Waals surface area (Å²) in [7, 11) is -3.06. The lowest BCUT2D eigenvalue weighted by molar-refractivity contribution is 0.592. The molecule has 49 heavy (non-hydrogen) atoms. The maximum absolute atomic E-state index is 15.0. The lowest BCUT2D eigenvalue weighted by Crippen LogP contribution is -2.25. The van der Waals surface area contributed by atoms with Gasteiger partial charge in [-0.1, -0.05) is 176 Å². The molecular formula is C47H35OP. The van der Waals surface area contributed by atoms with E-state index in [2.05, 4.69) is 117 Å². The van der Waals surface area contributed by atoms with Gasteiger partial charge in [0.05, 0.1) is 0 Å². The average Bonchev–Trinajstić information content (AvgIpc) is 3.17. The van der Waals surface area contributed by atoms with Gasteiger partial charge in [-0.15, -0.1) is 0 Å². The molecule has 0 heterocycles. The Morgan fingerprint density at radius 2 is 1.06 bits per heavy atom. The molecule has 0 aromatic heterocycles. The Kier molecular flexibility index (Phi) is 7.92. The summed E-state index contributed by atoms with van der Waals surface area (Å²) in [6.07, 6.45) is 3.96. The summed E-state index contributed by atoms with van der Waals surface area (Å²) in [4.78, 5) is 0. The molecule has 0 aliphatic heterocycles. The predicted octanol–water partition coefficient (Wildman–Crippen LogP) is 10.6. The van der Waals surface area contributed by atoms with Gasteiger partial charge in [-0.2, -0.15) is 0 Å². The fourth-order valence-electron chi connectivity index (χ4n) is 7.19. The molecule has 0 unspecified atom stereocenters. The predicted molar refractivity (Wildman–Crippen MR) is 212 cm³/mol. The highest BCUT2D eigenvalue weighted by molar-refractivity contribution is 7.85. The molecule has 0 radical (unpaired) electrons. The van der Waals surface area contributed by atoms with E-state index in [1.807, 2.05) is 78.9 Å². The van der Waals surface area contributed by atoms with Gasteiger partial charge < -0.3 is 4.57 Å². The van der Waals surface area contributed by atoms with Crippen molar-refractivity contribution in [1.29, 1.82) is 0 Å². The van der Waals surface area contributed by atoms with Crippen molar-refractivity contribution in [2.45, 2.75) is 6.92 Å². The molecule has 0 saturated heterocycles. The molecule has 2 heteroatoms. The summed E-state index contributed by atoms with van der Waals surface area (Å²) >= 11 is 0. The normalized spacial score (nSPS) is 12.1. The number of benzene rings is 8. The summed E-state index contributed by atoms with van der Waals surface area (Å²) in [6.45, 7) is 6.13. The molecular weight excluding hydrogens is 611 g/mol. The second-order valence-corrected chi connectivity index (χ2v) is 15.3. The molecule has 8 rings (SSSR count). The van der Waals surface area contributed by atoms with E-state index in [0.29, 0.717) is 0 Å². The largest absolute Gasteiger partial charge is 0.309 e. The van der Waals surface area contributed by atoms with Crippen LogP contribution in [0.15, 0.2) is 183 Å². The Hall–Kier alpha value is -5.75. The summed E-state index contributed by atoms with van der Waals surface area (Å²) in [6, 6.07) is 58.8. The topological polar surface area (TPSA) is 17.1 Å². The monoisotopic (exact) mass is 646 g/mol. The molecule has 234 valence electrons. The van der Waals surface area contributed by atoms with Crippen LogP contribution in [0, 0.1) is 6.92 Å². The Morgan fingerprint density at radius 1 is 0.490 bits per heavy atom. The second-order valence-electron chi connectivity index (χ2n) is 12.6. The quantitative estimate of drug-likeness (QED) is 0.158. The molecule has 1 nitrogen and oxygen atoms in total. The average molecular weight is 647 g/mol. The highest BCUT2D eigenvalue weighted by atomic mass is 31.2. The van der Waals surface area contributed by atoms with Crippen LogP contribution in [0.1, 0.15) is 5.56 Å². The van der Waals surface area contributed by atoms with Gasteiger partial charge >= 0.3 is 0 Å². The van der Waals surface area contributed by atoms with Crippen molar-refractivity contribution in [1.82, 2.24) is 0 Å². The zero-order valence-corrected chi connectivity index (χ0v) is 28.3. The zero-order valence-electron chi connectivity index (χ0n) is 27.4. The van der Waals surface area contributed by atoms with Crippen LogP contribution in [0.3, 0.4) is 0 Å². The van der Waals surface area contributed by atoms with Crippen LogP contribution in [0.2, 0.25) is 0 Å². The van der Waals surface area contributed by atoms with E-state index in [1.165, 1.54) is 49.0 Å². The Balaban J connectivity index is 1.16. The first-order valence-electron chi connectivity index (χ1n) is 16.7. The van der Waals surface area contributed by atoms with Crippen molar-refractivity contribution in [2.75, 3.05) is 0 Å². The molecule has 8 aromatic rings. The molecule has 0 bridgehead atoms. The minimum Gasteiger partial charge on any atom is -0.309 e. The van der Waals surface area contributed by atoms with E-state index in [-0.39, 0.29) is 0 Å². The Morgan fingerprint density at radius 3 is 1.71 bits per heavy atom. The van der Waals surface area contributed by atoms with Crippen LogP contribution in [0.25, 0.3) is 61.0 Å². The molecule has 0 aliphatic rings. The van der Waals surface area contributed by atoms with Gasteiger partial charge in [0.25, 0.3) is 0 Å². The van der Waals surface area contributed by atoms with Crippen LogP contribution in [0.4, 0.5) is 0 Å². The molecule has 0 amide bonds. The molecule has 0 saturated carbocycles. The van der Waals surface area contributed by atoms with Crippen molar-refractivity contribution in [3.05, 3.63) is 193 Å². The highest BCUT2D eigenvalue weighted by Gasteiger charge is 2.29. The summed E-state index contributed by atoms with van der Waals surface area (Å²) in [5, 5.41) is 8.80. The first-order chi connectivity index (χ1) is 24.0. The number of allylic oxidation sites excluding steroid dienone is 1. The third kappa shape index (κ3) is 5.43. The smallest absolute Gasteiger partial charge is 0.171 e. The molecule has 0 N–H and O–H groups in total. The summed E-state index contributed by atoms with van der Waals surface area (Å²) in [5.74, 6) is 0. The van der Waals surface area contributed by atoms with Gasteiger partial charge in [0.1, 0.15) is 0 Å². The third-order valence-corrected chi connectivity index (χ3v) is 12.7. The van der Waals surface area contributed by atoms with E-state index >= 15 is 0 Å². The summed E-state index contributed by atoms with van der Waals surface area (Å²) in [5.41, 5.74) is 8.14. The van der Waals surface area contributed by atoms with E-state index in [9.17, 15) is 4.57 Å². The van der Waals surface area contributed by atoms with Gasteiger partial charge in [0, 0.05) is 15.9 Å². The van der Waals surface area contributed by atoms with Crippen LogP contribution in [-0.2, 0) is 4.57 Å². The van der Waals surface area contributed by atoms with E-state index in [0.717, 1.165) is 32.6 Å². The van der Waals surface area contributed by atoms with Crippen LogP contribution < -0.4 is 21.1 Å². The molecule has 0 fully saturated rings. The van der Waals surface area contributed by atoms with Gasteiger partial charge in [-0.3, -0.25) is 0 Å². The highest BCUT2D eigenvalue weighted by Crippen LogP contribution is 2.43. The van der Waals surface area contributed by atoms with Gasteiger partial charge in [0.2, 0.25) is 0 Å². The van der Waals surface area contributed by atoms with Crippen molar-refractivity contribution in [3.8, 4) is 33.4 Å². The second kappa shape index (κ2) is 12.7. The maximum Gasteiger partial charge on any atom is 0.171 e. The van der Waals surface area contributed by atoms with Crippen molar-refractivity contribution >= 4 is 50.7 Å². The van der Waals surface area contributed by atoms with Crippen LogP contribution in [0.5, 0.6) is 0 Å².